The highest BCUT2D eigenvalue weighted by molar-refractivity contribution is 5.87. The normalized spacial score (nSPS) is 28.1. The molecule has 2 nitrogen and oxygen atoms in total. The van der Waals surface area contributed by atoms with Crippen molar-refractivity contribution in [3.63, 3.8) is 0 Å². The standard InChI is InChI=1S/C17H28O2/c1-8-17(10-13(4)9-14(5)11-17)16(6,7)19-15(18)12(2)3/h14H,2,4,8-11H2,1,3,5-7H3. The van der Waals surface area contributed by atoms with Gasteiger partial charge < -0.3 is 4.74 Å². The monoisotopic (exact) mass is 264 g/mol. The number of hydrogen-bond acceptors (Lipinski definition) is 2. The third-order valence-corrected chi connectivity index (χ3v) is 4.61. The molecule has 2 atom stereocenters. The topological polar surface area (TPSA) is 26.3 Å². The molecule has 0 aromatic rings. The maximum absolute atomic E-state index is 11.9. The first-order valence-electron chi connectivity index (χ1n) is 7.19. The zero-order valence-corrected chi connectivity index (χ0v) is 13.1. The van der Waals surface area contributed by atoms with Crippen molar-refractivity contribution in [2.45, 2.75) is 65.9 Å². The summed E-state index contributed by atoms with van der Waals surface area (Å²) in [4.78, 5) is 11.9. The maximum Gasteiger partial charge on any atom is 0.333 e. The van der Waals surface area contributed by atoms with Crippen LogP contribution in [-0.4, -0.2) is 11.6 Å². The maximum atomic E-state index is 11.9. The SMILES string of the molecule is C=C1CC(C)CC(CC)(C(C)(C)OC(=O)C(=C)C)C1. The van der Waals surface area contributed by atoms with Crippen molar-refractivity contribution in [3.8, 4) is 0 Å². The Morgan fingerprint density at radius 1 is 1.53 bits per heavy atom. The van der Waals surface area contributed by atoms with Crippen LogP contribution in [0, 0.1) is 11.3 Å². The zero-order valence-electron chi connectivity index (χ0n) is 13.1. The summed E-state index contributed by atoms with van der Waals surface area (Å²) in [5, 5.41) is 0. The lowest BCUT2D eigenvalue weighted by Crippen LogP contribution is -2.49. The van der Waals surface area contributed by atoms with Crippen LogP contribution in [0.3, 0.4) is 0 Å². The minimum Gasteiger partial charge on any atom is -0.456 e. The third kappa shape index (κ3) is 3.29. The average Bonchev–Trinajstić information content (AvgIpc) is 2.26. The molecule has 0 bridgehead atoms. The Hall–Kier alpha value is -1.05. The number of hydrogen-bond donors (Lipinski definition) is 0. The summed E-state index contributed by atoms with van der Waals surface area (Å²) in [5.74, 6) is 0.311. The van der Waals surface area contributed by atoms with Gasteiger partial charge in [0.1, 0.15) is 5.60 Å². The van der Waals surface area contributed by atoms with E-state index >= 15 is 0 Å². The molecule has 2 heteroatoms. The van der Waals surface area contributed by atoms with Crippen LogP contribution in [0.1, 0.15) is 60.3 Å². The Morgan fingerprint density at radius 2 is 2.11 bits per heavy atom. The van der Waals surface area contributed by atoms with E-state index in [1.54, 1.807) is 6.92 Å². The molecule has 0 saturated heterocycles. The van der Waals surface area contributed by atoms with Gasteiger partial charge in [-0.2, -0.15) is 0 Å². The molecule has 2 unspecified atom stereocenters. The third-order valence-electron chi connectivity index (χ3n) is 4.61. The fraction of sp³-hybridized carbons (Fsp3) is 0.706. The summed E-state index contributed by atoms with van der Waals surface area (Å²) >= 11 is 0. The van der Waals surface area contributed by atoms with E-state index in [9.17, 15) is 4.79 Å². The summed E-state index contributed by atoms with van der Waals surface area (Å²) in [5.41, 5.74) is 1.24. The van der Waals surface area contributed by atoms with E-state index in [0.717, 1.165) is 25.7 Å². The highest BCUT2D eigenvalue weighted by atomic mass is 16.6. The molecule has 0 spiro atoms. The summed E-state index contributed by atoms with van der Waals surface area (Å²) in [7, 11) is 0. The summed E-state index contributed by atoms with van der Waals surface area (Å²) in [6.07, 6.45) is 4.11. The molecular weight excluding hydrogens is 236 g/mol. The molecule has 0 N–H and O–H groups in total. The van der Waals surface area contributed by atoms with Gasteiger partial charge in [0.15, 0.2) is 0 Å². The number of esters is 1. The first-order valence-corrected chi connectivity index (χ1v) is 7.19. The predicted octanol–water partition coefficient (Wildman–Crippen LogP) is 4.66. The lowest BCUT2D eigenvalue weighted by molar-refractivity contribution is -0.170. The Bertz CT molecular complexity index is 392. The van der Waals surface area contributed by atoms with Crippen LogP contribution in [-0.2, 0) is 9.53 Å². The van der Waals surface area contributed by atoms with Gasteiger partial charge in [0.25, 0.3) is 0 Å². The Morgan fingerprint density at radius 3 is 2.53 bits per heavy atom. The van der Waals surface area contributed by atoms with Crippen LogP contribution in [0.5, 0.6) is 0 Å². The van der Waals surface area contributed by atoms with E-state index in [-0.39, 0.29) is 11.4 Å². The quantitative estimate of drug-likeness (QED) is 0.419. The van der Waals surface area contributed by atoms with Crippen LogP contribution >= 0.6 is 0 Å². The molecule has 1 fully saturated rings. The van der Waals surface area contributed by atoms with Gasteiger partial charge in [0.2, 0.25) is 0 Å². The van der Waals surface area contributed by atoms with Crippen molar-refractivity contribution in [2.24, 2.45) is 11.3 Å². The molecule has 0 heterocycles. The van der Waals surface area contributed by atoms with Crippen LogP contribution in [0.15, 0.2) is 24.3 Å². The van der Waals surface area contributed by atoms with Gasteiger partial charge in [-0.05, 0) is 52.4 Å². The van der Waals surface area contributed by atoms with E-state index in [2.05, 4.69) is 27.0 Å². The molecule has 1 aliphatic carbocycles. The van der Waals surface area contributed by atoms with Gasteiger partial charge in [-0.3, -0.25) is 0 Å². The van der Waals surface area contributed by atoms with Crippen LogP contribution in [0.4, 0.5) is 0 Å². The van der Waals surface area contributed by atoms with Crippen molar-refractivity contribution < 1.29 is 9.53 Å². The molecule has 1 aliphatic rings. The van der Waals surface area contributed by atoms with Gasteiger partial charge >= 0.3 is 5.97 Å². The zero-order chi connectivity index (χ0) is 14.8. The van der Waals surface area contributed by atoms with Crippen LogP contribution in [0.2, 0.25) is 0 Å². The number of ether oxygens (including phenoxy) is 1. The predicted molar refractivity (Wildman–Crippen MR) is 79.9 cm³/mol. The molecule has 1 rings (SSSR count). The van der Waals surface area contributed by atoms with Crippen molar-refractivity contribution in [2.75, 3.05) is 0 Å². The fourth-order valence-electron chi connectivity index (χ4n) is 3.44. The summed E-state index contributed by atoms with van der Waals surface area (Å²) < 4.78 is 5.75. The number of carbonyl (C=O) groups is 1. The van der Waals surface area contributed by atoms with Crippen LogP contribution in [0.25, 0.3) is 0 Å². The van der Waals surface area contributed by atoms with Gasteiger partial charge in [-0.15, -0.1) is 0 Å². The van der Waals surface area contributed by atoms with Crippen molar-refractivity contribution >= 4 is 5.97 Å². The molecule has 0 aromatic heterocycles. The van der Waals surface area contributed by atoms with Gasteiger partial charge in [0, 0.05) is 11.0 Å². The second kappa shape index (κ2) is 5.52. The second-order valence-electron chi connectivity index (χ2n) is 6.75. The molecule has 0 radical (unpaired) electrons. The smallest absolute Gasteiger partial charge is 0.333 e. The molecule has 0 aromatic carbocycles. The lowest BCUT2D eigenvalue weighted by Gasteiger charge is -2.50. The minimum absolute atomic E-state index is 0.00708. The van der Waals surface area contributed by atoms with Gasteiger partial charge in [-0.25, -0.2) is 4.79 Å². The number of rotatable bonds is 4. The number of allylic oxidation sites excluding steroid dienone is 1. The fourth-order valence-corrected chi connectivity index (χ4v) is 3.44. The average molecular weight is 264 g/mol. The van der Waals surface area contributed by atoms with Crippen molar-refractivity contribution in [1.82, 2.24) is 0 Å². The first kappa shape index (κ1) is 16.0. The second-order valence-corrected chi connectivity index (χ2v) is 6.75. The van der Waals surface area contributed by atoms with Crippen molar-refractivity contribution in [3.05, 3.63) is 24.3 Å². The van der Waals surface area contributed by atoms with E-state index in [1.807, 2.05) is 13.8 Å². The van der Waals surface area contributed by atoms with Crippen LogP contribution < -0.4 is 0 Å². The summed E-state index contributed by atoms with van der Waals surface area (Å²) in [6, 6.07) is 0. The largest absolute Gasteiger partial charge is 0.456 e. The molecule has 0 aliphatic heterocycles. The van der Waals surface area contributed by atoms with E-state index in [4.69, 9.17) is 4.74 Å². The van der Waals surface area contributed by atoms with E-state index in [0.29, 0.717) is 11.5 Å². The molecule has 108 valence electrons. The Labute approximate surface area is 117 Å². The minimum atomic E-state index is -0.491. The molecule has 19 heavy (non-hydrogen) atoms. The van der Waals surface area contributed by atoms with E-state index in [1.165, 1.54) is 5.57 Å². The molecule has 0 amide bonds. The lowest BCUT2D eigenvalue weighted by atomic mass is 9.59. The highest BCUT2D eigenvalue weighted by Gasteiger charge is 2.49. The first-order chi connectivity index (χ1) is 8.63. The molecule has 1 saturated carbocycles. The van der Waals surface area contributed by atoms with Gasteiger partial charge in [-0.1, -0.05) is 32.6 Å². The number of carbonyl (C=O) groups excluding carboxylic acids is 1. The Kier molecular flexibility index (Phi) is 4.65. The van der Waals surface area contributed by atoms with Gasteiger partial charge in [0.05, 0.1) is 0 Å². The highest BCUT2D eigenvalue weighted by Crippen LogP contribution is 2.52. The molecular formula is C17H28O2. The van der Waals surface area contributed by atoms with Crippen molar-refractivity contribution in [1.29, 1.82) is 0 Å². The van der Waals surface area contributed by atoms with E-state index < -0.39 is 5.60 Å². The summed E-state index contributed by atoms with van der Waals surface area (Å²) in [6.45, 7) is 18.0. The Balaban J connectivity index is 3.02.